The molecule has 0 aliphatic carbocycles. The molecule has 3 nitrogen and oxygen atoms in total. The summed E-state index contributed by atoms with van der Waals surface area (Å²) in [4.78, 5) is 1.63. The lowest BCUT2D eigenvalue weighted by Gasteiger charge is -2.15. The molecule has 0 unspecified atom stereocenters. The summed E-state index contributed by atoms with van der Waals surface area (Å²) in [7, 11) is 1.76. The zero-order valence-corrected chi connectivity index (χ0v) is 5.94. The molecule has 0 rings (SSSR count). The number of rotatable bonds is 2. The number of hydrogen-bond donors (Lipinski definition) is 2. The van der Waals surface area contributed by atoms with Crippen LogP contribution in [-0.4, -0.2) is 24.5 Å². The van der Waals surface area contributed by atoms with Crippen molar-refractivity contribution in [3.8, 4) is 0 Å². The molecule has 0 aromatic carbocycles. The van der Waals surface area contributed by atoms with Gasteiger partial charge in [0.05, 0.1) is 0 Å². The van der Waals surface area contributed by atoms with Gasteiger partial charge in [0.2, 0.25) is 0 Å². The Morgan fingerprint density at radius 3 is 2.33 bits per heavy atom. The zero-order valence-electron chi connectivity index (χ0n) is 5.94. The van der Waals surface area contributed by atoms with Crippen molar-refractivity contribution in [3.05, 3.63) is 12.2 Å². The minimum atomic E-state index is 0.0815. The highest BCUT2D eigenvalue weighted by atomic mass is 15.2. The van der Waals surface area contributed by atoms with Crippen LogP contribution in [0.3, 0.4) is 0 Å². The molecule has 0 radical (unpaired) electrons. The molecule has 0 bridgehead atoms. The lowest BCUT2D eigenvalue weighted by Crippen LogP contribution is -2.33. The van der Waals surface area contributed by atoms with Crippen molar-refractivity contribution < 1.29 is 0 Å². The average molecular weight is 127 g/mol. The van der Waals surface area contributed by atoms with E-state index >= 15 is 0 Å². The van der Waals surface area contributed by atoms with Gasteiger partial charge in [-0.1, -0.05) is 12.2 Å². The van der Waals surface area contributed by atoms with Gasteiger partial charge in [-0.3, -0.25) is 5.41 Å². The Bertz CT molecular complexity index is 128. The summed E-state index contributed by atoms with van der Waals surface area (Å²) < 4.78 is 0. The third-order valence-corrected chi connectivity index (χ3v) is 0.918. The van der Waals surface area contributed by atoms with Crippen LogP contribution < -0.4 is 5.73 Å². The first kappa shape index (κ1) is 8.01. The van der Waals surface area contributed by atoms with E-state index < -0.39 is 0 Å². The summed E-state index contributed by atoms with van der Waals surface area (Å²) in [6.45, 7) is 6.25. The Morgan fingerprint density at radius 2 is 2.22 bits per heavy atom. The third-order valence-electron chi connectivity index (χ3n) is 0.918. The van der Waals surface area contributed by atoms with Gasteiger partial charge in [0, 0.05) is 13.6 Å². The van der Waals surface area contributed by atoms with Crippen LogP contribution in [0, 0.1) is 5.41 Å². The molecule has 0 heterocycles. The van der Waals surface area contributed by atoms with Crippen molar-refractivity contribution in [3.63, 3.8) is 0 Å². The van der Waals surface area contributed by atoms with E-state index in [4.69, 9.17) is 11.1 Å². The van der Waals surface area contributed by atoms with E-state index in [2.05, 4.69) is 6.58 Å². The zero-order chi connectivity index (χ0) is 7.44. The fourth-order valence-corrected chi connectivity index (χ4v) is 0.490. The standard InChI is InChI=1S/C6H13N3/c1-5(2)4-9(3)6(7)8/h1,4H2,2-3H3,(H3,7,8). The molecule has 0 atom stereocenters. The molecule has 0 aliphatic rings. The van der Waals surface area contributed by atoms with E-state index in [0.29, 0.717) is 6.54 Å². The Labute approximate surface area is 55.7 Å². The Kier molecular flexibility index (Phi) is 2.78. The number of hydrogen-bond acceptors (Lipinski definition) is 1. The molecular formula is C6H13N3. The van der Waals surface area contributed by atoms with Crippen LogP contribution in [0.25, 0.3) is 0 Å². The first-order chi connectivity index (χ1) is 4.04. The number of likely N-dealkylation sites (N-methyl/N-ethyl adjacent to an activating group) is 1. The molecule has 0 saturated heterocycles. The predicted octanol–water partition coefficient (Wildman–Crippen LogP) is 0.388. The van der Waals surface area contributed by atoms with E-state index in [-0.39, 0.29) is 5.96 Å². The van der Waals surface area contributed by atoms with Crippen LogP contribution in [0.5, 0.6) is 0 Å². The molecule has 52 valence electrons. The lowest BCUT2D eigenvalue weighted by molar-refractivity contribution is 0.539. The van der Waals surface area contributed by atoms with E-state index in [0.717, 1.165) is 5.57 Å². The SMILES string of the molecule is C=C(C)CN(C)C(=N)N. The minimum Gasteiger partial charge on any atom is -0.370 e. The molecule has 3 heteroatoms. The number of nitrogens with two attached hydrogens (primary N) is 1. The molecule has 3 N–H and O–H groups in total. The van der Waals surface area contributed by atoms with Crippen molar-refractivity contribution in [1.82, 2.24) is 4.90 Å². The summed E-state index contributed by atoms with van der Waals surface area (Å²) in [5.41, 5.74) is 6.16. The van der Waals surface area contributed by atoms with Crippen molar-refractivity contribution in [1.29, 1.82) is 5.41 Å². The maximum Gasteiger partial charge on any atom is 0.188 e. The van der Waals surface area contributed by atoms with E-state index in [9.17, 15) is 0 Å². The quantitative estimate of drug-likeness (QED) is 0.320. The second-order valence-corrected chi connectivity index (χ2v) is 2.20. The smallest absolute Gasteiger partial charge is 0.188 e. The topological polar surface area (TPSA) is 53.1 Å². The minimum absolute atomic E-state index is 0.0815. The summed E-state index contributed by atoms with van der Waals surface area (Å²) in [6.07, 6.45) is 0. The van der Waals surface area contributed by atoms with Gasteiger partial charge in [0.15, 0.2) is 5.96 Å². The molecule has 0 fully saturated rings. The largest absolute Gasteiger partial charge is 0.370 e. The second kappa shape index (κ2) is 3.12. The van der Waals surface area contributed by atoms with Gasteiger partial charge < -0.3 is 10.6 Å². The van der Waals surface area contributed by atoms with Crippen molar-refractivity contribution in [2.75, 3.05) is 13.6 Å². The van der Waals surface area contributed by atoms with Gasteiger partial charge in [0.1, 0.15) is 0 Å². The van der Waals surface area contributed by atoms with Crippen molar-refractivity contribution >= 4 is 5.96 Å². The van der Waals surface area contributed by atoms with E-state index in [1.807, 2.05) is 6.92 Å². The van der Waals surface area contributed by atoms with Crippen molar-refractivity contribution in [2.24, 2.45) is 5.73 Å². The fraction of sp³-hybridized carbons (Fsp3) is 0.500. The second-order valence-electron chi connectivity index (χ2n) is 2.20. The van der Waals surface area contributed by atoms with Gasteiger partial charge in [-0.25, -0.2) is 0 Å². The number of nitrogens with one attached hydrogen (secondary N) is 1. The van der Waals surface area contributed by atoms with Crippen molar-refractivity contribution in [2.45, 2.75) is 6.92 Å². The molecule has 0 aromatic heterocycles. The number of guanidine groups is 1. The molecule has 0 spiro atoms. The summed E-state index contributed by atoms with van der Waals surface area (Å²) in [6, 6.07) is 0. The molecular weight excluding hydrogens is 114 g/mol. The first-order valence-corrected chi connectivity index (χ1v) is 2.73. The molecule has 9 heavy (non-hydrogen) atoms. The monoisotopic (exact) mass is 127 g/mol. The lowest BCUT2D eigenvalue weighted by atomic mass is 10.3. The highest BCUT2D eigenvalue weighted by Gasteiger charge is 1.96. The Balaban J connectivity index is 3.63. The molecule has 0 amide bonds. The van der Waals surface area contributed by atoms with E-state index in [1.54, 1.807) is 11.9 Å². The summed E-state index contributed by atoms with van der Waals surface area (Å²) in [5, 5.41) is 6.96. The van der Waals surface area contributed by atoms with Crippen LogP contribution in [0.2, 0.25) is 0 Å². The summed E-state index contributed by atoms with van der Waals surface area (Å²) >= 11 is 0. The maximum atomic E-state index is 6.96. The average Bonchev–Trinajstić information content (AvgIpc) is 1.63. The predicted molar refractivity (Wildman–Crippen MR) is 39.4 cm³/mol. The third kappa shape index (κ3) is 3.58. The van der Waals surface area contributed by atoms with Crippen LogP contribution in [0.1, 0.15) is 6.92 Å². The van der Waals surface area contributed by atoms with Crippen LogP contribution in [0.4, 0.5) is 0 Å². The van der Waals surface area contributed by atoms with Crippen LogP contribution >= 0.6 is 0 Å². The Hall–Kier alpha value is -0.990. The van der Waals surface area contributed by atoms with Crippen LogP contribution in [0.15, 0.2) is 12.2 Å². The van der Waals surface area contributed by atoms with E-state index in [1.165, 1.54) is 0 Å². The van der Waals surface area contributed by atoms with Gasteiger partial charge in [0.25, 0.3) is 0 Å². The Morgan fingerprint density at radius 1 is 1.78 bits per heavy atom. The maximum absolute atomic E-state index is 6.96. The molecule has 0 aliphatic heterocycles. The first-order valence-electron chi connectivity index (χ1n) is 2.73. The normalized spacial score (nSPS) is 8.67. The number of nitrogens with zero attached hydrogens (tertiary/aromatic N) is 1. The fourth-order valence-electron chi connectivity index (χ4n) is 0.490. The van der Waals surface area contributed by atoms with Gasteiger partial charge in [-0.15, -0.1) is 0 Å². The highest BCUT2D eigenvalue weighted by Crippen LogP contribution is 1.89. The molecule has 0 aromatic rings. The summed E-state index contributed by atoms with van der Waals surface area (Å²) in [5.74, 6) is 0.0815. The van der Waals surface area contributed by atoms with Gasteiger partial charge in [-0.2, -0.15) is 0 Å². The molecule has 0 saturated carbocycles. The highest BCUT2D eigenvalue weighted by molar-refractivity contribution is 5.74. The van der Waals surface area contributed by atoms with Gasteiger partial charge in [-0.05, 0) is 6.92 Å². The van der Waals surface area contributed by atoms with Crippen LogP contribution in [-0.2, 0) is 0 Å². The van der Waals surface area contributed by atoms with Gasteiger partial charge >= 0.3 is 0 Å².